The molecule has 2 fully saturated rings. The summed E-state index contributed by atoms with van der Waals surface area (Å²) in [4.78, 5) is 51.3. The maximum absolute atomic E-state index is 12.3. The Kier molecular flexibility index (Phi) is 8.41. The molecule has 0 saturated carbocycles. The SMILES string of the molecule is COC(=O)[C@@H]1CCCN1C(=O)C[Se][Se]CC(=O)N1CCC[C@H]1C(=O)OC. The van der Waals surface area contributed by atoms with Crippen molar-refractivity contribution in [1.29, 1.82) is 0 Å². The van der Waals surface area contributed by atoms with Crippen molar-refractivity contribution in [3.8, 4) is 0 Å². The molecule has 26 heavy (non-hydrogen) atoms. The molecular weight excluding hydrogens is 474 g/mol. The molecule has 0 aliphatic carbocycles. The fourth-order valence-corrected chi connectivity index (χ4v) is 8.73. The molecule has 0 aromatic carbocycles. The number of methoxy groups -OCH3 is 2. The monoisotopic (exact) mass is 500 g/mol. The summed E-state index contributed by atoms with van der Waals surface area (Å²) in [5, 5.41) is 0.794. The molecule has 2 saturated heterocycles. The average molecular weight is 498 g/mol. The summed E-state index contributed by atoms with van der Waals surface area (Å²) in [5.41, 5.74) is 0. The predicted octanol–water partition coefficient (Wildman–Crippen LogP) is -0.526. The fraction of sp³-hybridized carbons (Fsp3) is 0.750. The second-order valence-electron chi connectivity index (χ2n) is 6.06. The fourth-order valence-electron chi connectivity index (χ4n) is 3.24. The maximum atomic E-state index is 12.3. The van der Waals surface area contributed by atoms with E-state index in [-0.39, 0.29) is 50.0 Å². The van der Waals surface area contributed by atoms with Gasteiger partial charge in [0, 0.05) is 0 Å². The Morgan fingerprint density at radius 3 is 1.54 bits per heavy atom. The van der Waals surface area contributed by atoms with Crippen molar-refractivity contribution in [2.45, 2.75) is 48.4 Å². The first-order valence-electron chi connectivity index (χ1n) is 8.48. The van der Waals surface area contributed by atoms with Gasteiger partial charge in [-0.05, 0) is 0 Å². The molecule has 0 aromatic heterocycles. The third-order valence-electron chi connectivity index (χ3n) is 4.54. The number of nitrogens with zero attached hydrogens (tertiary/aromatic N) is 2. The first-order valence-corrected chi connectivity index (χ1v) is 15.2. The Labute approximate surface area is 164 Å². The summed E-state index contributed by atoms with van der Waals surface area (Å²) in [7, 11) is 2.67. The number of hydrogen-bond donors (Lipinski definition) is 0. The molecule has 0 radical (unpaired) electrons. The normalized spacial score (nSPS) is 22.4. The standard InChI is InChI=1S/C16H24N2O6Se2/c1-23-15(21)11-5-3-7-17(11)13(19)9-25-26-10-14(20)18-8-4-6-12(18)16(22)24-2/h11-12H,3-10H2,1-2H3/t11-,12-/m0/s1. The van der Waals surface area contributed by atoms with Crippen LogP contribution in [0.1, 0.15) is 25.7 Å². The molecule has 10 heteroatoms. The first-order chi connectivity index (χ1) is 12.5. The van der Waals surface area contributed by atoms with Gasteiger partial charge in [0.1, 0.15) is 0 Å². The average Bonchev–Trinajstić information content (AvgIpc) is 3.32. The van der Waals surface area contributed by atoms with Crippen LogP contribution in [0.5, 0.6) is 0 Å². The molecule has 2 atom stereocenters. The third kappa shape index (κ3) is 5.22. The van der Waals surface area contributed by atoms with Crippen molar-refractivity contribution < 1.29 is 28.7 Å². The van der Waals surface area contributed by atoms with Crippen molar-refractivity contribution in [2.24, 2.45) is 0 Å². The molecule has 2 aliphatic rings. The van der Waals surface area contributed by atoms with Gasteiger partial charge in [-0.1, -0.05) is 0 Å². The first kappa shape index (κ1) is 21.2. The van der Waals surface area contributed by atoms with Crippen LogP contribution < -0.4 is 0 Å². The van der Waals surface area contributed by atoms with Gasteiger partial charge in [-0.2, -0.15) is 0 Å². The summed E-state index contributed by atoms with van der Waals surface area (Å²) in [6, 6.07) is -0.911. The van der Waals surface area contributed by atoms with E-state index in [4.69, 9.17) is 9.47 Å². The van der Waals surface area contributed by atoms with Gasteiger partial charge in [0.05, 0.1) is 0 Å². The van der Waals surface area contributed by atoms with Crippen LogP contribution in [0.25, 0.3) is 0 Å². The van der Waals surface area contributed by atoms with Gasteiger partial charge < -0.3 is 0 Å². The van der Waals surface area contributed by atoms with E-state index in [1.54, 1.807) is 9.80 Å². The molecular formula is C16H24N2O6Se2. The molecule has 8 nitrogen and oxygen atoms in total. The Bertz CT molecular complexity index is 511. The zero-order valence-electron chi connectivity index (χ0n) is 15.0. The number of carbonyl (C=O) groups excluding carboxylic acids is 4. The van der Waals surface area contributed by atoms with Crippen LogP contribution in [0.3, 0.4) is 0 Å². The minimum atomic E-state index is -0.456. The molecule has 0 spiro atoms. The van der Waals surface area contributed by atoms with Crippen molar-refractivity contribution in [3.05, 3.63) is 0 Å². The van der Waals surface area contributed by atoms with E-state index in [0.717, 1.165) is 12.8 Å². The van der Waals surface area contributed by atoms with Gasteiger partial charge in [0.2, 0.25) is 0 Å². The Balaban J connectivity index is 1.73. The van der Waals surface area contributed by atoms with Crippen molar-refractivity contribution >= 4 is 50.0 Å². The van der Waals surface area contributed by atoms with E-state index in [0.29, 0.717) is 36.6 Å². The second kappa shape index (κ2) is 10.3. The summed E-state index contributed by atoms with van der Waals surface area (Å²) in [5.74, 6) is -0.763. The van der Waals surface area contributed by atoms with E-state index < -0.39 is 12.1 Å². The quantitative estimate of drug-likeness (QED) is 0.267. The van der Waals surface area contributed by atoms with Crippen molar-refractivity contribution in [3.63, 3.8) is 0 Å². The second-order valence-corrected chi connectivity index (χ2v) is 13.4. The number of amides is 2. The molecule has 0 bridgehead atoms. The van der Waals surface area contributed by atoms with Crippen LogP contribution in [-0.2, 0) is 28.7 Å². The van der Waals surface area contributed by atoms with E-state index >= 15 is 0 Å². The molecule has 0 N–H and O–H groups in total. The zero-order chi connectivity index (χ0) is 19.1. The Hall–Kier alpha value is -1.08. The van der Waals surface area contributed by atoms with Crippen LogP contribution in [0.15, 0.2) is 0 Å². The van der Waals surface area contributed by atoms with Crippen LogP contribution in [-0.4, -0.2) is 99.2 Å². The van der Waals surface area contributed by atoms with E-state index in [1.807, 2.05) is 0 Å². The number of ether oxygens (including phenoxy) is 2. The van der Waals surface area contributed by atoms with Gasteiger partial charge in [-0.25, -0.2) is 0 Å². The third-order valence-corrected chi connectivity index (χ3v) is 10.8. The van der Waals surface area contributed by atoms with E-state index in [9.17, 15) is 19.2 Å². The van der Waals surface area contributed by atoms with Gasteiger partial charge in [-0.15, -0.1) is 0 Å². The molecule has 2 aliphatic heterocycles. The van der Waals surface area contributed by atoms with E-state index in [2.05, 4.69) is 0 Å². The van der Waals surface area contributed by atoms with Crippen molar-refractivity contribution in [1.82, 2.24) is 9.80 Å². The van der Waals surface area contributed by atoms with Crippen LogP contribution in [0, 0.1) is 0 Å². The number of carbonyl (C=O) groups is 4. The summed E-state index contributed by atoms with van der Waals surface area (Å²) >= 11 is 0.0903. The molecule has 2 rings (SSSR count). The number of rotatable bonds is 7. The minimum absolute atomic E-state index is 0.0270. The van der Waals surface area contributed by atoms with E-state index in [1.165, 1.54) is 14.2 Å². The molecule has 0 unspecified atom stereocenters. The van der Waals surface area contributed by atoms with Gasteiger partial charge in [0.15, 0.2) is 0 Å². The molecule has 0 aromatic rings. The topological polar surface area (TPSA) is 93.2 Å². The van der Waals surface area contributed by atoms with Gasteiger partial charge in [-0.3, -0.25) is 0 Å². The van der Waals surface area contributed by atoms with Crippen LogP contribution >= 0.6 is 0 Å². The predicted molar refractivity (Wildman–Crippen MR) is 94.6 cm³/mol. The number of esters is 2. The van der Waals surface area contributed by atoms with Crippen LogP contribution in [0.2, 0.25) is 10.6 Å². The molecule has 146 valence electrons. The summed E-state index contributed by atoms with van der Waals surface area (Å²) < 4.78 is 9.51. The number of hydrogen-bond acceptors (Lipinski definition) is 6. The Morgan fingerprint density at radius 1 is 0.808 bits per heavy atom. The molecule has 2 heterocycles. The molecule has 2 amide bonds. The van der Waals surface area contributed by atoms with Gasteiger partial charge in [0.25, 0.3) is 0 Å². The van der Waals surface area contributed by atoms with Gasteiger partial charge >= 0.3 is 164 Å². The zero-order valence-corrected chi connectivity index (χ0v) is 18.4. The Morgan fingerprint density at radius 2 is 1.19 bits per heavy atom. The summed E-state index contributed by atoms with van der Waals surface area (Å²) in [6.45, 7) is 1.18. The van der Waals surface area contributed by atoms with Crippen molar-refractivity contribution in [2.75, 3.05) is 27.3 Å². The van der Waals surface area contributed by atoms with Crippen LogP contribution in [0.4, 0.5) is 0 Å². The summed E-state index contributed by atoms with van der Waals surface area (Å²) in [6.07, 6.45) is 2.93. The number of likely N-dealkylation sites (tertiary alicyclic amines) is 2.